The maximum absolute atomic E-state index is 11.9. The summed E-state index contributed by atoms with van der Waals surface area (Å²) >= 11 is 0. The van der Waals surface area contributed by atoms with Gasteiger partial charge < -0.3 is 19.5 Å². The highest BCUT2D eigenvalue weighted by Gasteiger charge is 2.07. The van der Waals surface area contributed by atoms with Crippen molar-refractivity contribution < 1.29 is 23.8 Å². The van der Waals surface area contributed by atoms with E-state index in [0.29, 0.717) is 22.8 Å². The Hall–Kier alpha value is -3.55. The fraction of sp³-hybridized carbons (Fsp3) is 0.250. The average Bonchev–Trinajstić information content (AvgIpc) is 2.72. The first-order valence-corrected chi connectivity index (χ1v) is 8.49. The van der Waals surface area contributed by atoms with E-state index in [2.05, 4.69) is 15.8 Å². The molecule has 2 aromatic rings. The Labute approximate surface area is 163 Å². The topological polar surface area (TPSA) is 98.2 Å². The summed E-state index contributed by atoms with van der Waals surface area (Å²) < 4.78 is 15.4. The van der Waals surface area contributed by atoms with Crippen molar-refractivity contribution in [2.75, 3.05) is 27.9 Å². The lowest BCUT2D eigenvalue weighted by atomic mass is 10.1. The molecule has 0 saturated carbocycles. The van der Waals surface area contributed by atoms with Crippen LogP contribution in [0, 0.1) is 0 Å². The molecule has 2 rings (SSSR count). The van der Waals surface area contributed by atoms with Crippen molar-refractivity contribution in [3.8, 4) is 17.2 Å². The Bertz CT molecular complexity index is 834. The smallest absolute Gasteiger partial charge is 0.259 e. The second-order valence-corrected chi connectivity index (χ2v) is 5.70. The van der Waals surface area contributed by atoms with Crippen LogP contribution in [0.25, 0.3) is 0 Å². The first-order chi connectivity index (χ1) is 13.5. The van der Waals surface area contributed by atoms with Gasteiger partial charge in [0.25, 0.3) is 5.91 Å². The predicted molar refractivity (Wildman–Crippen MR) is 105 cm³/mol. The van der Waals surface area contributed by atoms with E-state index in [1.54, 1.807) is 56.7 Å². The minimum absolute atomic E-state index is 0.168. The largest absolute Gasteiger partial charge is 0.497 e. The summed E-state index contributed by atoms with van der Waals surface area (Å²) in [6.07, 6.45) is 1.61. The van der Waals surface area contributed by atoms with Gasteiger partial charge in [0.15, 0.2) is 0 Å². The van der Waals surface area contributed by atoms with Gasteiger partial charge >= 0.3 is 0 Å². The molecule has 0 fully saturated rings. The molecule has 0 spiro atoms. The highest BCUT2D eigenvalue weighted by Crippen LogP contribution is 2.22. The second-order valence-electron chi connectivity index (χ2n) is 5.70. The fourth-order valence-electron chi connectivity index (χ4n) is 2.32. The van der Waals surface area contributed by atoms with Crippen LogP contribution in [0.4, 0.5) is 0 Å². The first-order valence-electron chi connectivity index (χ1n) is 8.49. The van der Waals surface area contributed by atoms with Crippen molar-refractivity contribution in [2.24, 2.45) is 5.10 Å². The van der Waals surface area contributed by atoms with Crippen LogP contribution in [0.1, 0.15) is 11.1 Å². The standard InChI is InChI=1S/C20H23N3O5/c1-26-16-6-4-14(5-7-16)10-19(24)21-13-20(25)23-22-12-15-11-17(27-2)8-9-18(15)28-3/h4-9,11-12H,10,13H2,1-3H3,(H,21,24)(H,23,25)/b22-12+. The SMILES string of the molecule is COc1ccc(CC(=O)NCC(=O)N/N=C/c2cc(OC)ccc2OC)cc1. The van der Waals surface area contributed by atoms with Gasteiger partial charge in [0.2, 0.25) is 5.91 Å². The number of ether oxygens (including phenoxy) is 3. The maximum Gasteiger partial charge on any atom is 0.259 e. The summed E-state index contributed by atoms with van der Waals surface area (Å²) in [5.41, 5.74) is 3.82. The van der Waals surface area contributed by atoms with E-state index in [4.69, 9.17) is 14.2 Å². The van der Waals surface area contributed by atoms with Crippen molar-refractivity contribution >= 4 is 18.0 Å². The van der Waals surface area contributed by atoms with Crippen LogP contribution in [0.3, 0.4) is 0 Å². The van der Waals surface area contributed by atoms with E-state index in [-0.39, 0.29) is 18.9 Å². The fourth-order valence-corrected chi connectivity index (χ4v) is 2.32. The number of nitrogens with one attached hydrogen (secondary N) is 2. The number of hydrogen-bond donors (Lipinski definition) is 2. The number of carbonyl (C=O) groups excluding carboxylic acids is 2. The number of benzene rings is 2. The highest BCUT2D eigenvalue weighted by atomic mass is 16.5. The quantitative estimate of drug-likeness (QED) is 0.504. The molecule has 0 aromatic heterocycles. The van der Waals surface area contributed by atoms with Gasteiger partial charge in [-0.15, -0.1) is 0 Å². The molecule has 8 heteroatoms. The molecule has 0 unspecified atom stereocenters. The molecular weight excluding hydrogens is 362 g/mol. The normalized spacial score (nSPS) is 10.4. The zero-order valence-corrected chi connectivity index (χ0v) is 16.0. The molecule has 0 radical (unpaired) electrons. The Morgan fingerprint density at radius 3 is 2.25 bits per heavy atom. The number of amides is 2. The molecule has 0 saturated heterocycles. The second kappa shape index (κ2) is 10.6. The lowest BCUT2D eigenvalue weighted by Crippen LogP contribution is -2.35. The molecule has 148 valence electrons. The summed E-state index contributed by atoms with van der Waals surface area (Å²) in [6, 6.07) is 12.4. The molecule has 0 bridgehead atoms. The lowest BCUT2D eigenvalue weighted by molar-refractivity contribution is -0.125. The summed E-state index contributed by atoms with van der Waals surface area (Å²) in [7, 11) is 4.67. The molecule has 8 nitrogen and oxygen atoms in total. The van der Waals surface area contributed by atoms with Crippen LogP contribution in [-0.2, 0) is 16.0 Å². The Balaban J connectivity index is 1.80. The van der Waals surface area contributed by atoms with E-state index < -0.39 is 5.91 Å². The molecule has 2 aromatic carbocycles. The van der Waals surface area contributed by atoms with Crippen molar-refractivity contribution in [1.29, 1.82) is 0 Å². The van der Waals surface area contributed by atoms with Gasteiger partial charge in [0.05, 0.1) is 40.5 Å². The van der Waals surface area contributed by atoms with Crippen LogP contribution >= 0.6 is 0 Å². The zero-order valence-electron chi connectivity index (χ0n) is 16.0. The minimum atomic E-state index is -0.443. The van der Waals surface area contributed by atoms with Crippen molar-refractivity contribution in [1.82, 2.24) is 10.7 Å². The van der Waals surface area contributed by atoms with Gasteiger partial charge in [-0.05, 0) is 35.9 Å². The first kappa shape index (κ1) is 20.8. The molecule has 2 N–H and O–H groups in total. The minimum Gasteiger partial charge on any atom is -0.497 e. The van der Waals surface area contributed by atoms with E-state index in [9.17, 15) is 9.59 Å². The molecule has 0 aliphatic heterocycles. The zero-order chi connectivity index (χ0) is 20.4. The van der Waals surface area contributed by atoms with Crippen molar-refractivity contribution in [3.63, 3.8) is 0 Å². The highest BCUT2D eigenvalue weighted by molar-refractivity contribution is 5.88. The molecule has 0 aliphatic rings. The summed E-state index contributed by atoms with van der Waals surface area (Å²) in [5.74, 6) is 1.24. The number of methoxy groups -OCH3 is 3. The number of hydrogen-bond acceptors (Lipinski definition) is 6. The van der Waals surface area contributed by atoms with E-state index in [0.717, 1.165) is 5.56 Å². The maximum atomic E-state index is 11.9. The van der Waals surface area contributed by atoms with Crippen LogP contribution < -0.4 is 25.0 Å². The summed E-state index contributed by atoms with van der Waals surface area (Å²) in [6.45, 7) is -0.179. The van der Waals surface area contributed by atoms with Crippen molar-refractivity contribution in [3.05, 3.63) is 53.6 Å². The molecular formula is C20H23N3O5. The Morgan fingerprint density at radius 2 is 1.61 bits per heavy atom. The van der Waals surface area contributed by atoms with Gasteiger partial charge in [-0.2, -0.15) is 5.10 Å². The van der Waals surface area contributed by atoms with E-state index in [1.165, 1.54) is 13.3 Å². The number of hydrazone groups is 1. The third kappa shape index (κ3) is 6.31. The summed E-state index contributed by atoms with van der Waals surface area (Å²) in [4.78, 5) is 23.8. The van der Waals surface area contributed by atoms with E-state index >= 15 is 0 Å². The Kier molecular flexibility index (Phi) is 7.83. The third-order valence-electron chi connectivity index (χ3n) is 3.80. The average molecular weight is 385 g/mol. The molecule has 28 heavy (non-hydrogen) atoms. The van der Waals surface area contributed by atoms with Crippen LogP contribution in [0.2, 0.25) is 0 Å². The van der Waals surface area contributed by atoms with Crippen LogP contribution in [-0.4, -0.2) is 45.9 Å². The van der Waals surface area contributed by atoms with Gasteiger partial charge in [-0.1, -0.05) is 12.1 Å². The van der Waals surface area contributed by atoms with Gasteiger partial charge in [0, 0.05) is 5.56 Å². The van der Waals surface area contributed by atoms with Crippen molar-refractivity contribution in [2.45, 2.75) is 6.42 Å². The number of nitrogens with zero attached hydrogens (tertiary/aromatic N) is 1. The molecule has 2 amide bonds. The Morgan fingerprint density at radius 1 is 0.929 bits per heavy atom. The summed E-state index contributed by atoms with van der Waals surface area (Å²) in [5, 5.41) is 6.43. The van der Waals surface area contributed by atoms with Crippen LogP contribution in [0.15, 0.2) is 47.6 Å². The third-order valence-corrected chi connectivity index (χ3v) is 3.80. The number of carbonyl (C=O) groups is 2. The molecule has 0 heterocycles. The van der Waals surface area contributed by atoms with Crippen LogP contribution in [0.5, 0.6) is 17.2 Å². The van der Waals surface area contributed by atoms with Gasteiger partial charge in [0.1, 0.15) is 17.2 Å². The monoisotopic (exact) mass is 385 g/mol. The lowest BCUT2D eigenvalue weighted by Gasteiger charge is -2.07. The predicted octanol–water partition coefficient (Wildman–Crippen LogP) is 1.52. The number of rotatable bonds is 9. The molecule has 0 atom stereocenters. The van der Waals surface area contributed by atoms with E-state index in [1.807, 2.05) is 0 Å². The van der Waals surface area contributed by atoms with Gasteiger partial charge in [-0.3, -0.25) is 9.59 Å². The molecule has 0 aliphatic carbocycles. The van der Waals surface area contributed by atoms with Gasteiger partial charge in [-0.25, -0.2) is 5.43 Å².